The predicted molar refractivity (Wildman–Crippen MR) is 103 cm³/mol. The van der Waals surface area contributed by atoms with Gasteiger partial charge in [-0.2, -0.15) is 0 Å². The van der Waals surface area contributed by atoms with Crippen molar-refractivity contribution in [3.05, 3.63) is 29.8 Å². The number of benzene rings is 1. The van der Waals surface area contributed by atoms with Crippen molar-refractivity contribution >= 4 is 17.5 Å². The van der Waals surface area contributed by atoms with Crippen LogP contribution in [0.25, 0.3) is 0 Å². The molecule has 0 heterocycles. The van der Waals surface area contributed by atoms with Crippen LogP contribution in [0, 0.1) is 11.8 Å². The first-order chi connectivity index (χ1) is 12.7. The van der Waals surface area contributed by atoms with Crippen molar-refractivity contribution in [2.45, 2.75) is 57.9 Å². The number of nitrogens with zero attached hydrogens (tertiary/aromatic N) is 1. The summed E-state index contributed by atoms with van der Waals surface area (Å²) in [5, 5.41) is 2.96. The Bertz CT molecular complexity index is 604. The molecular formula is C21H31N3O2. The van der Waals surface area contributed by atoms with Gasteiger partial charge in [0.15, 0.2) is 0 Å². The number of carbonyl (C=O) groups excluding carboxylic acids is 2. The zero-order valence-corrected chi connectivity index (χ0v) is 15.6. The molecule has 26 heavy (non-hydrogen) atoms. The van der Waals surface area contributed by atoms with Gasteiger partial charge in [-0.05, 0) is 56.3 Å². The van der Waals surface area contributed by atoms with E-state index in [9.17, 15) is 9.59 Å². The van der Waals surface area contributed by atoms with E-state index in [1.165, 1.54) is 6.42 Å². The number of carbonyl (C=O) groups is 2. The van der Waals surface area contributed by atoms with Gasteiger partial charge in [0.25, 0.3) is 0 Å². The monoisotopic (exact) mass is 357 g/mol. The van der Waals surface area contributed by atoms with Gasteiger partial charge in [-0.25, -0.2) is 0 Å². The van der Waals surface area contributed by atoms with Crippen molar-refractivity contribution in [3.8, 4) is 0 Å². The van der Waals surface area contributed by atoms with Gasteiger partial charge in [-0.1, -0.05) is 31.4 Å². The number of amides is 2. The fraction of sp³-hybridized carbons (Fsp3) is 0.619. The van der Waals surface area contributed by atoms with Gasteiger partial charge in [0.2, 0.25) is 11.8 Å². The number of nitrogens with one attached hydrogen (secondary N) is 1. The van der Waals surface area contributed by atoms with Crippen molar-refractivity contribution in [3.63, 3.8) is 0 Å². The third-order valence-corrected chi connectivity index (χ3v) is 5.44. The first-order valence-electron chi connectivity index (χ1n) is 10.1. The van der Waals surface area contributed by atoms with E-state index in [0.717, 1.165) is 56.2 Å². The second-order valence-corrected chi connectivity index (χ2v) is 7.70. The number of rotatable bonds is 8. The Morgan fingerprint density at radius 1 is 1.00 bits per heavy atom. The quantitative estimate of drug-likeness (QED) is 0.749. The molecule has 2 amide bonds. The predicted octanol–water partition coefficient (Wildman–Crippen LogP) is 3.29. The summed E-state index contributed by atoms with van der Waals surface area (Å²) >= 11 is 0. The molecule has 5 nitrogen and oxygen atoms in total. The maximum atomic E-state index is 12.9. The number of hydrogen-bond acceptors (Lipinski definition) is 3. The second-order valence-electron chi connectivity index (χ2n) is 7.70. The van der Waals surface area contributed by atoms with Gasteiger partial charge in [0, 0.05) is 30.6 Å². The fourth-order valence-electron chi connectivity index (χ4n) is 3.66. The van der Waals surface area contributed by atoms with Crippen molar-refractivity contribution in [2.24, 2.45) is 17.6 Å². The van der Waals surface area contributed by atoms with E-state index in [1.54, 1.807) is 0 Å². The van der Waals surface area contributed by atoms with Crippen LogP contribution in [0.1, 0.15) is 56.9 Å². The average molecular weight is 357 g/mol. The summed E-state index contributed by atoms with van der Waals surface area (Å²) in [4.78, 5) is 26.7. The number of hydrogen-bond donors (Lipinski definition) is 2. The second kappa shape index (κ2) is 9.17. The summed E-state index contributed by atoms with van der Waals surface area (Å²) in [6.45, 7) is 1.93. The Morgan fingerprint density at radius 3 is 2.31 bits per heavy atom. The lowest BCUT2D eigenvalue weighted by Gasteiger charge is -2.29. The molecule has 2 aliphatic carbocycles. The van der Waals surface area contributed by atoms with Crippen LogP contribution in [0.4, 0.5) is 5.69 Å². The minimum Gasteiger partial charge on any atom is -0.338 e. The molecule has 0 bridgehead atoms. The van der Waals surface area contributed by atoms with Gasteiger partial charge in [-0.3, -0.25) is 9.59 Å². The average Bonchev–Trinajstić information content (AvgIpc) is 3.52. The molecule has 1 aromatic carbocycles. The maximum Gasteiger partial charge on any atom is 0.227 e. The molecule has 0 atom stereocenters. The van der Waals surface area contributed by atoms with Gasteiger partial charge < -0.3 is 16.0 Å². The van der Waals surface area contributed by atoms with Gasteiger partial charge in [0.1, 0.15) is 0 Å². The lowest BCUT2D eigenvalue weighted by molar-refractivity contribution is -0.137. The topological polar surface area (TPSA) is 75.4 Å². The van der Waals surface area contributed by atoms with Crippen LogP contribution < -0.4 is 11.1 Å². The first kappa shape index (κ1) is 18.9. The molecule has 0 saturated heterocycles. The summed E-state index contributed by atoms with van der Waals surface area (Å²) in [6, 6.07) is 7.88. The molecule has 142 valence electrons. The molecule has 0 aliphatic heterocycles. The number of nitrogens with two attached hydrogens (primary N) is 1. The summed E-state index contributed by atoms with van der Waals surface area (Å²) < 4.78 is 0. The van der Waals surface area contributed by atoms with Gasteiger partial charge >= 0.3 is 0 Å². The Kier molecular flexibility index (Phi) is 6.67. The highest BCUT2D eigenvalue weighted by Crippen LogP contribution is 2.30. The molecule has 0 spiro atoms. The maximum absolute atomic E-state index is 12.9. The summed E-state index contributed by atoms with van der Waals surface area (Å²) in [5.74, 6) is 0.784. The minimum absolute atomic E-state index is 0.120. The molecule has 0 radical (unpaired) electrons. The van der Waals surface area contributed by atoms with Crippen LogP contribution in [-0.2, 0) is 16.1 Å². The van der Waals surface area contributed by atoms with Crippen molar-refractivity contribution in [1.82, 2.24) is 4.90 Å². The lowest BCUT2D eigenvalue weighted by atomic mass is 9.88. The van der Waals surface area contributed by atoms with E-state index in [-0.39, 0.29) is 23.7 Å². The van der Waals surface area contributed by atoms with E-state index in [2.05, 4.69) is 5.32 Å². The van der Waals surface area contributed by atoms with E-state index in [4.69, 9.17) is 5.73 Å². The van der Waals surface area contributed by atoms with Crippen LogP contribution >= 0.6 is 0 Å². The fourth-order valence-corrected chi connectivity index (χ4v) is 3.66. The number of anilines is 1. The van der Waals surface area contributed by atoms with Gasteiger partial charge in [-0.15, -0.1) is 0 Å². The Labute approximate surface area is 156 Å². The van der Waals surface area contributed by atoms with Crippen LogP contribution in [0.15, 0.2) is 24.3 Å². The normalized spacial score (nSPS) is 17.7. The molecule has 0 unspecified atom stereocenters. The molecule has 0 aromatic heterocycles. The largest absolute Gasteiger partial charge is 0.338 e. The van der Waals surface area contributed by atoms with Crippen LogP contribution in [-0.4, -0.2) is 29.8 Å². The van der Waals surface area contributed by atoms with E-state index in [1.807, 2.05) is 29.2 Å². The smallest absolute Gasteiger partial charge is 0.227 e. The van der Waals surface area contributed by atoms with Crippen molar-refractivity contribution in [2.75, 3.05) is 18.4 Å². The highest BCUT2D eigenvalue weighted by atomic mass is 16.2. The molecule has 3 rings (SSSR count). The Morgan fingerprint density at radius 2 is 1.69 bits per heavy atom. The Hall–Kier alpha value is -1.88. The molecule has 2 saturated carbocycles. The standard InChI is InChI=1S/C21H31N3O2/c22-13-4-14-24(21(26)18-5-2-1-3-6-18)15-16-7-11-19(12-8-16)23-20(25)17-9-10-17/h7-8,11-12,17-18H,1-6,9-10,13-15,22H2,(H,23,25). The Balaban J connectivity index is 1.59. The summed E-state index contributed by atoms with van der Waals surface area (Å²) in [7, 11) is 0. The van der Waals surface area contributed by atoms with Crippen LogP contribution in [0.2, 0.25) is 0 Å². The zero-order valence-electron chi connectivity index (χ0n) is 15.6. The molecule has 1 aromatic rings. The summed E-state index contributed by atoms with van der Waals surface area (Å²) in [6.07, 6.45) is 8.45. The third-order valence-electron chi connectivity index (χ3n) is 5.44. The van der Waals surface area contributed by atoms with E-state index < -0.39 is 0 Å². The highest BCUT2D eigenvalue weighted by molar-refractivity contribution is 5.94. The zero-order chi connectivity index (χ0) is 18.4. The third kappa shape index (κ3) is 5.31. The summed E-state index contributed by atoms with van der Waals surface area (Å²) in [5.41, 5.74) is 7.59. The SMILES string of the molecule is NCCCN(Cc1ccc(NC(=O)C2CC2)cc1)C(=O)C1CCCCC1. The van der Waals surface area contributed by atoms with E-state index in [0.29, 0.717) is 19.6 Å². The molecule has 3 N–H and O–H groups in total. The molecular weight excluding hydrogens is 326 g/mol. The van der Waals surface area contributed by atoms with Crippen LogP contribution in [0.5, 0.6) is 0 Å². The molecule has 2 aliphatic rings. The van der Waals surface area contributed by atoms with Crippen LogP contribution in [0.3, 0.4) is 0 Å². The highest BCUT2D eigenvalue weighted by Gasteiger charge is 2.29. The van der Waals surface area contributed by atoms with Crippen molar-refractivity contribution < 1.29 is 9.59 Å². The molecule has 2 fully saturated rings. The van der Waals surface area contributed by atoms with E-state index >= 15 is 0 Å². The minimum atomic E-state index is 0.120. The van der Waals surface area contributed by atoms with Crippen molar-refractivity contribution in [1.29, 1.82) is 0 Å². The first-order valence-corrected chi connectivity index (χ1v) is 10.1. The molecule has 5 heteroatoms. The lowest BCUT2D eigenvalue weighted by Crippen LogP contribution is -2.37. The van der Waals surface area contributed by atoms with Gasteiger partial charge in [0.05, 0.1) is 0 Å².